The maximum Gasteiger partial charge on any atom is 0.212 e. The van der Waals surface area contributed by atoms with E-state index in [1.807, 2.05) is 0 Å². The Kier molecular flexibility index (Phi) is 6.23. The number of halogens is 1. The zero-order valence-electron chi connectivity index (χ0n) is 15.0. The van der Waals surface area contributed by atoms with Gasteiger partial charge in [-0.2, -0.15) is 4.39 Å². The van der Waals surface area contributed by atoms with Crippen LogP contribution in [0.2, 0.25) is 0 Å². The van der Waals surface area contributed by atoms with Gasteiger partial charge in [0, 0.05) is 17.3 Å². The van der Waals surface area contributed by atoms with E-state index in [-0.39, 0.29) is 0 Å². The van der Waals surface area contributed by atoms with Crippen LogP contribution in [-0.4, -0.2) is 4.98 Å². The highest BCUT2D eigenvalue weighted by molar-refractivity contribution is 5.42. The molecule has 1 aromatic heterocycles. The molecule has 0 bridgehead atoms. The smallest absolute Gasteiger partial charge is 0.212 e. The zero-order chi connectivity index (χ0) is 17.5. The quantitative estimate of drug-likeness (QED) is 0.487. The van der Waals surface area contributed by atoms with Gasteiger partial charge in [0.05, 0.1) is 0 Å². The van der Waals surface area contributed by atoms with Crippen LogP contribution in [0.1, 0.15) is 74.5 Å². The van der Waals surface area contributed by atoms with Gasteiger partial charge >= 0.3 is 0 Å². The van der Waals surface area contributed by atoms with Gasteiger partial charge in [-0.25, -0.2) is 4.98 Å². The van der Waals surface area contributed by atoms with Crippen LogP contribution in [0, 0.1) is 23.7 Å². The SMILES string of the molecule is CCCC[C@H]1CC[C@H](c2ccc(C#Cc3ccc(F)nc3)cc2)CC1. The first-order valence-corrected chi connectivity index (χ1v) is 9.48. The molecule has 1 saturated carbocycles. The van der Waals surface area contributed by atoms with Gasteiger partial charge in [0.25, 0.3) is 0 Å². The molecule has 2 heteroatoms. The van der Waals surface area contributed by atoms with Crippen molar-refractivity contribution in [2.24, 2.45) is 5.92 Å². The lowest BCUT2D eigenvalue weighted by Crippen LogP contribution is -2.13. The number of pyridine rings is 1. The van der Waals surface area contributed by atoms with E-state index in [9.17, 15) is 4.39 Å². The van der Waals surface area contributed by atoms with E-state index in [4.69, 9.17) is 0 Å². The lowest BCUT2D eigenvalue weighted by Gasteiger charge is -2.28. The van der Waals surface area contributed by atoms with Gasteiger partial charge in [0.15, 0.2) is 0 Å². The largest absolute Gasteiger partial charge is 0.227 e. The maximum atomic E-state index is 12.8. The predicted molar refractivity (Wildman–Crippen MR) is 101 cm³/mol. The molecular weight excluding hydrogens is 309 g/mol. The normalized spacial score (nSPS) is 19.9. The lowest BCUT2D eigenvalue weighted by molar-refractivity contribution is 0.304. The minimum atomic E-state index is -0.473. The molecule has 1 aliphatic carbocycles. The van der Waals surface area contributed by atoms with E-state index < -0.39 is 5.95 Å². The molecule has 0 amide bonds. The summed E-state index contributed by atoms with van der Waals surface area (Å²) >= 11 is 0. The molecule has 0 unspecified atom stereocenters. The fraction of sp³-hybridized carbons (Fsp3) is 0.435. The summed E-state index contributed by atoms with van der Waals surface area (Å²) in [7, 11) is 0. The fourth-order valence-corrected chi connectivity index (χ4v) is 3.71. The molecule has 0 aliphatic heterocycles. The summed E-state index contributed by atoms with van der Waals surface area (Å²) < 4.78 is 12.8. The van der Waals surface area contributed by atoms with E-state index in [0.29, 0.717) is 5.92 Å². The highest BCUT2D eigenvalue weighted by Gasteiger charge is 2.21. The number of nitrogens with zero attached hydrogens (tertiary/aromatic N) is 1. The molecule has 3 rings (SSSR count). The Bertz CT molecular complexity index is 713. The van der Waals surface area contributed by atoms with Gasteiger partial charge in [-0.1, -0.05) is 50.2 Å². The monoisotopic (exact) mass is 335 g/mol. The van der Waals surface area contributed by atoms with E-state index in [1.54, 1.807) is 6.07 Å². The third-order valence-corrected chi connectivity index (χ3v) is 5.27. The average Bonchev–Trinajstić information content (AvgIpc) is 2.67. The minimum Gasteiger partial charge on any atom is -0.227 e. The molecule has 1 nitrogen and oxygen atoms in total. The Morgan fingerprint density at radius 1 is 0.960 bits per heavy atom. The summed E-state index contributed by atoms with van der Waals surface area (Å²) in [5.74, 6) is 7.35. The second-order valence-corrected chi connectivity index (χ2v) is 7.10. The summed E-state index contributed by atoms with van der Waals surface area (Å²) in [4.78, 5) is 3.62. The molecule has 0 spiro atoms. The Hall–Kier alpha value is -2.14. The number of hydrogen-bond donors (Lipinski definition) is 0. The highest BCUT2D eigenvalue weighted by atomic mass is 19.1. The molecule has 1 heterocycles. The summed E-state index contributed by atoms with van der Waals surface area (Å²) in [5.41, 5.74) is 3.17. The van der Waals surface area contributed by atoms with Crippen molar-refractivity contribution < 1.29 is 4.39 Å². The van der Waals surface area contributed by atoms with Crippen molar-refractivity contribution in [1.29, 1.82) is 0 Å². The third-order valence-electron chi connectivity index (χ3n) is 5.27. The Balaban J connectivity index is 1.57. The number of hydrogen-bond acceptors (Lipinski definition) is 1. The van der Waals surface area contributed by atoms with Gasteiger partial charge in [0.1, 0.15) is 0 Å². The molecular formula is C23H26FN. The standard InChI is InChI=1S/C23H26FN/c1-2-3-4-18-7-12-21(13-8-18)22-14-9-19(10-15-22)5-6-20-11-16-23(24)25-17-20/h9-11,14-18,21H,2-4,7-8,12-13H2,1H3/t18-,21-. The molecule has 1 aromatic carbocycles. The van der Waals surface area contributed by atoms with Gasteiger partial charge in [-0.15, -0.1) is 0 Å². The summed E-state index contributed by atoms with van der Waals surface area (Å²) in [6.45, 7) is 2.28. The first-order chi connectivity index (χ1) is 12.2. The van der Waals surface area contributed by atoms with Crippen LogP contribution < -0.4 is 0 Å². The molecule has 1 fully saturated rings. The van der Waals surface area contributed by atoms with Crippen LogP contribution in [0.4, 0.5) is 4.39 Å². The first kappa shape index (κ1) is 17.7. The summed E-state index contributed by atoms with van der Waals surface area (Å²) in [5, 5.41) is 0. The van der Waals surface area contributed by atoms with Crippen LogP contribution in [0.15, 0.2) is 42.6 Å². The minimum absolute atomic E-state index is 0.473. The van der Waals surface area contributed by atoms with Crippen molar-refractivity contribution in [3.8, 4) is 11.8 Å². The van der Waals surface area contributed by atoms with Crippen LogP contribution in [0.5, 0.6) is 0 Å². The van der Waals surface area contributed by atoms with Crippen LogP contribution >= 0.6 is 0 Å². The number of aromatic nitrogens is 1. The van der Waals surface area contributed by atoms with Crippen LogP contribution in [0.3, 0.4) is 0 Å². The van der Waals surface area contributed by atoms with E-state index in [2.05, 4.69) is 48.0 Å². The van der Waals surface area contributed by atoms with E-state index in [0.717, 1.165) is 17.0 Å². The summed E-state index contributed by atoms with van der Waals surface area (Å²) in [6.07, 6.45) is 11.0. The predicted octanol–water partition coefficient (Wildman–Crippen LogP) is 6.08. The average molecular weight is 335 g/mol. The fourth-order valence-electron chi connectivity index (χ4n) is 3.71. The van der Waals surface area contributed by atoms with Gasteiger partial charge in [-0.05, 0) is 67.3 Å². The Labute approximate surface area is 150 Å². The first-order valence-electron chi connectivity index (χ1n) is 9.48. The number of benzene rings is 1. The van der Waals surface area contributed by atoms with Crippen LogP contribution in [-0.2, 0) is 0 Å². The van der Waals surface area contributed by atoms with Crippen molar-refractivity contribution in [2.45, 2.75) is 57.8 Å². The maximum absolute atomic E-state index is 12.8. The second kappa shape index (κ2) is 8.81. The topological polar surface area (TPSA) is 12.9 Å². The van der Waals surface area contributed by atoms with Crippen molar-refractivity contribution in [1.82, 2.24) is 4.98 Å². The molecule has 130 valence electrons. The Morgan fingerprint density at radius 3 is 2.28 bits per heavy atom. The van der Waals surface area contributed by atoms with Crippen LogP contribution in [0.25, 0.3) is 0 Å². The number of unbranched alkanes of at least 4 members (excludes halogenated alkanes) is 1. The van der Waals surface area contributed by atoms with Crippen molar-refractivity contribution in [3.05, 3.63) is 65.2 Å². The van der Waals surface area contributed by atoms with Crippen molar-refractivity contribution in [2.75, 3.05) is 0 Å². The second-order valence-electron chi connectivity index (χ2n) is 7.10. The molecule has 25 heavy (non-hydrogen) atoms. The Morgan fingerprint density at radius 2 is 1.64 bits per heavy atom. The third kappa shape index (κ3) is 5.16. The van der Waals surface area contributed by atoms with Gasteiger partial charge < -0.3 is 0 Å². The zero-order valence-corrected chi connectivity index (χ0v) is 15.0. The molecule has 2 aromatic rings. The number of rotatable bonds is 4. The molecule has 0 saturated heterocycles. The summed E-state index contributed by atoms with van der Waals surface area (Å²) in [6, 6.07) is 11.6. The highest BCUT2D eigenvalue weighted by Crippen LogP contribution is 2.37. The van der Waals surface area contributed by atoms with Gasteiger partial charge in [-0.3, -0.25) is 0 Å². The molecule has 1 aliphatic rings. The molecule has 0 radical (unpaired) electrons. The molecule has 0 N–H and O–H groups in total. The molecule has 0 atom stereocenters. The van der Waals surface area contributed by atoms with Gasteiger partial charge in [0.2, 0.25) is 5.95 Å². The van der Waals surface area contributed by atoms with Crippen molar-refractivity contribution >= 4 is 0 Å². The van der Waals surface area contributed by atoms with Crippen molar-refractivity contribution in [3.63, 3.8) is 0 Å². The van der Waals surface area contributed by atoms with E-state index in [1.165, 1.54) is 62.8 Å². The lowest BCUT2D eigenvalue weighted by atomic mass is 9.77. The van der Waals surface area contributed by atoms with E-state index >= 15 is 0 Å².